The van der Waals surface area contributed by atoms with E-state index in [1.54, 1.807) is 4.68 Å². The molecule has 4 heterocycles. The molecule has 290 valence electrons. The molecule has 0 spiro atoms. The monoisotopic (exact) mass is 756 g/mol. The summed E-state index contributed by atoms with van der Waals surface area (Å²) in [5.41, 5.74) is 4.53. The van der Waals surface area contributed by atoms with E-state index in [1.807, 2.05) is 85.9 Å². The van der Waals surface area contributed by atoms with Crippen molar-refractivity contribution in [3.8, 4) is 11.4 Å². The fraction of sp³-hybridized carbons (Fsp3) is 0.333. The number of β-amino-alcohol motifs (C(OH)–C–C–N with tert-alkyl or cyclic N) is 1. The lowest BCUT2D eigenvalue weighted by Gasteiger charge is -2.19. The maximum absolute atomic E-state index is 13.5. The topological polar surface area (TPSA) is 171 Å². The number of ether oxygens (including phenoxy) is 1. The zero-order valence-corrected chi connectivity index (χ0v) is 32.1. The molecule has 0 aliphatic carbocycles. The van der Waals surface area contributed by atoms with Crippen molar-refractivity contribution < 1.29 is 19.4 Å². The summed E-state index contributed by atoms with van der Waals surface area (Å²) in [5, 5.41) is 28.4. The summed E-state index contributed by atoms with van der Waals surface area (Å²) in [5.74, 6) is 1.44. The van der Waals surface area contributed by atoms with Gasteiger partial charge in [-0.1, -0.05) is 62.7 Å². The van der Waals surface area contributed by atoms with Crippen LogP contribution in [-0.2, 0) is 5.41 Å². The number of aliphatic hydroxyl groups is 1. The minimum atomic E-state index is -0.388. The molecule has 2 atom stereocenters. The molecule has 14 nitrogen and oxygen atoms in total. The molecule has 2 unspecified atom stereocenters. The number of benzene rings is 3. The molecule has 3 aromatic carbocycles. The van der Waals surface area contributed by atoms with Crippen LogP contribution in [0.1, 0.15) is 55.4 Å². The summed E-state index contributed by atoms with van der Waals surface area (Å²) in [6, 6.07) is 21.0. The Morgan fingerprint density at radius 2 is 1.79 bits per heavy atom. The molecule has 0 radical (unpaired) electrons. The number of carbonyl (C=O) groups excluding carboxylic acids is 2. The van der Waals surface area contributed by atoms with Gasteiger partial charge in [0.25, 0.3) is 5.91 Å². The number of amides is 3. The molecule has 1 saturated heterocycles. The lowest BCUT2D eigenvalue weighted by molar-refractivity contribution is 0.0943. The zero-order chi connectivity index (χ0) is 39.2. The van der Waals surface area contributed by atoms with Crippen molar-refractivity contribution in [2.45, 2.75) is 58.2 Å². The molecule has 2 aromatic heterocycles. The Morgan fingerprint density at radius 3 is 2.52 bits per heavy atom. The van der Waals surface area contributed by atoms with Gasteiger partial charge in [0.05, 0.1) is 35.6 Å². The number of anilines is 3. The molecule has 0 saturated carbocycles. The molecule has 2 aliphatic heterocycles. The average Bonchev–Trinajstić information content (AvgIpc) is 3.81. The van der Waals surface area contributed by atoms with Crippen LogP contribution in [0.5, 0.6) is 5.75 Å². The molecule has 5 N–H and O–H groups in total. The van der Waals surface area contributed by atoms with E-state index < -0.39 is 0 Å². The highest BCUT2D eigenvalue weighted by Crippen LogP contribution is 2.33. The standard InChI is InChI=1S/C42H48N10O4/c1-27-9-11-29(12-10-27)52-39(22-36(50-52)42(2,3)4)49-41(55)47-33-13-14-35(32-8-6-5-7-31(32)33)56-26-28-15-17-43-37(21-28)48-38-24-45-34(23-46-38)40(54)44-18-20-51-19-16-30(53)25-51/h5-14,17,21-24,30,37,53H,15-16,18-20,25-26H2,1-4H3,(H,44,54)(H,46,48)(H2,47,49,55). The summed E-state index contributed by atoms with van der Waals surface area (Å²) in [6.07, 6.45) is 7.51. The summed E-state index contributed by atoms with van der Waals surface area (Å²) in [7, 11) is 0. The van der Waals surface area contributed by atoms with Gasteiger partial charge >= 0.3 is 6.03 Å². The van der Waals surface area contributed by atoms with Crippen LogP contribution in [0.2, 0.25) is 0 Å². The van der Waals surface area contributed by atoms with Crippen molar-refractivity contribution in [3.05, 3.63) is 108 Å². The zero-order valence-electron chi connectivity index (χ0n) is 32.1. The van der Waals surface area contributed by atoms with Crippen molar-refractivity contribution in [1.29, 1.82) is 0 Å². The number of fused-ring (bicyclic) bond motifs is 1. The lowest BCUT2D eigenvalue weighted by atomic mass is 9.92. The maximum atomic E-state index is 13.5. The van der Waals surface area contributed by atoms with Crippen LogP contribution < -0.4 is 26.0 Å². The largest absolute Gasteiger partial charge is 0.489 e. The van der Waals surface area contributed by atoms with Crippen molar-refractivity contribution in [1.82, 2.24) is 30.0 Å². The third kappa shape index (κ3) is 9.39. The SMILES string of the molecule is Cc1ccc(-n2nc(C(C)(C)C)cc2NC(=O)Nc2ccc(OCC3=CC(Nc4cnc(C(=O)NCCN5CCC(O)C5)cn4)N=CC3)c3ccccc23)cc1. The fourth-order valence-corrected chi connectivity index (χ4v) is 6.57. The van der Waals surface area contributed by atoms with Crippen LogP contribution in [0, 0.1) is 6.92 Å². The molecule has 3 amide bonds. The van der Waals surface area contributed by atoms with Crippen LogP contribution in [0.3, 0.4) is 0 Å². The van der Waals surface area contributed by atoms with Gasteiger partial charge in [0, 0.05) is 61.1 Å². The number of aliphatic imine (C=N–C) groups is 1. The second kappa shape index (κ2) is 16.7. The molecule has 56 heavy (non-hydrogen) atoms. The first-order chi connectivity index (χ1) is 27.0. The minimum Gasteiger partial charge on any atom is -0.489 e. The van der Waals surface area contributed by atoms with Crippen LogP contribution in [0.4, 0.5) is 22.1 Å². The molecule has 14 heteroatoms. The minimum absolute atomic E-state index is 0.213. The third-order valence-electron chi connectivity index (χ3n) is 9.70. The Hall–Kier alpha value is -6.12. The third-order valence-corrected chi connectivity index (χ3v) is 9.70. The van der Waals surface area contributed by atoms with Crippen molar-refractivity contribution >= 4 is 46.2 Å². The normalized spacial score (nSPS) is 17.1. The van der Waals surface area contributed by atoms with E-state index in [0.717, 1.165) is 46.3 Å². The van der Waals surface area contributed by atoms with Gasteiger partial charge in [0.15, 0.2) is 0 Å². The predicted molar refractivity (Wildman–Crippen MR) is 219 cm³/mol. The van der Waals surface area contributed by atoms with E-state index in [2.05, 4.69) is 61.9 Å². The predicted octanol–water partition coefficient (Wildman–Crippen LogP) is 6.08. The van der Waals surface area contributed by atoms with Gasteiger partial charge in [0.2, 0.25) is 0 Å². The first kappa shape index (κ1) is 38.2. The Labute approximate surface area is 326 Å². The van der Waals surface area contributed by atoms with Gasteiger partial charge in [-0.25, -0.2) is 19.4 Å². The van der Waals surface area contributed by atoms with Gasteiger partial charge in [-0.2, -0.15) is 5.10 Å². The number of carbonyl (C=O) groups is 2. The van der Waals surface area contributed by atoms with E-state index >= 15 is 0 Å². The number of aryl methyl sites for hydroxylation is 1. The fourth-order valence-electron chi connectivity index (χ4n) is 6.57. The lowest BCUT2D eigenvalue weighted by Crippen LogP contribution is -2.34. The molecule has 7 rings (SSSR count). The van der Waals surface area contributed by atoms with E-state index in [9.17, 15) is 14.7 Å². The molecule has 2 aliphatic rings. The Balaban J connectivity index is 0.961. The summed E-state index contributed by atoms with van der Waals surface area (Å²) < 4.78 is 8.11. The van der Waals surface area contributed by atoms with E-state index in [0.29, 0.717) is 55.7 Å². The number of aliphatic hydroxyl groups excluding tert-OH is 1. The quantitative estimate of drug-likeness (QED) is 0.0947. The van der Waals surface area contributed by atoms with Crippen LogP contribution in [0.15, 0.2) is 95.8 Å². The first-order valence-electron chi connectivity index (χ1n) is 18.9. The number of likely N-dealkylation sites (tertiary alicyclic amines) is 1. The van der Waals surface area contributed by atoms with E-state index in [4.69, 9.17) is 9.84 Å². The highest BCUT2D eigenvalue weighted by atomic mass is 16.5. The Kier molecular flexibility index (Phi) is 11.4. The number of nitrogens with one attached hydrogen (secondary N) is 4. The smallest absolute Gasteiger partial charge is 0.324 e. The molecule has 0 bridgehead atoms. The second-order valence-corrected chi connectivity index (χ2v) is 15.2. The van der Waals surface area contributed by atoms with Gasteiger partial charge in [-0.15, -0.1) is 0 Å². The van der Waals surface area contributed by atoms with Gasteiger partial charge in [0.1, 0.15) is 35.9 Å². The van der Waals surface area contributed by atoms with Gasteiger partial charge in [-0.3, -0.25) is 20.0 Å². The second-order valence-electron chi connectivity index (χ2n) is 15.2. The van der Waals surface area contributed by atoms with Crippen molar-refractivity contribution in [3.63, 3.8) is 0 Å². The van der Waals surface area contributed by atoms with E-state index in [1.165, 1.54) is 12.4 Å². The van der Waals surface area contributed by atoms with Crippen LogP contribution >= 0.6 is 0 Å². The number of hydrogen-bond acceptors (Lipinski definition) is 10. The van der Waals surface area contributed by atoms with Gasteiger partial charge in [-0.05, 0) is 49.3 Å². The molecule has 5 aromatic rings. The number of hydrogen-bond donors (Lipinski definition) is 5. The number of aromatic nitrogens is 4. The number of rotatable bonds is 12. The first-order valence-corrected chi connectivity index (χ1v) is 18.9. The van der Waals surface area contributed by atoms with Crippen molar-refractivity contribution in [2.24, 2.45) is 4.99 Å². The Morgan fingerprint density at radius 1 is 0.982 bits per heavy atom. The van der Waals surface area contributed by atoms with Crippen LogP contribution in [-0.4, -0.2) is 93.0 Å². The maximum Gasteiger partial charge on any atom is 0.324 e. The highest BCUT2D eigenvalue weighted by Gasteiger charge is 2.23. The summed E-state index contributed by atoms with van der Waals surface area (Å²) in [4.78, 5) is 41.3. The number of dihydropyridines is 1. The van der Waals surface area contributed by atoms with Crippen molar-refractivity contribution in [2.75, 3.05) is 48.7 Å². The average molecular weight is 757 g/mol. The molecular formula is C42H48N10O4. The highest BCUT2D eigenvalue weighted by molar-refractivity contribution is 6.07. The van der Waals surface area contributed by atoms with Crippen LogP contribution in [0.25, 0.3) is 16.5 Å². The van der Waals surface area contributed by atoms with E-state index in [-0.39, 0.29) is 35.3 Å². The molecule has 1 fully saturated rings. The number of nitrogens with zero attached hydrogens (tertiary/aromatic N) is 6. The summed E-state index contributed by atoms with van der Waals surface area (Å²) in [6.45, 7) is 11.2. The summed E-state index contributed by atoms with van der Waals surface area (Å²) >= 11 is 0. The van der Waals surface area contributed by atoms with Gasteiger partial charge < -0.3 is 25.8 Å². The molecular weight excluding hydrogens is 709 g/mol. The number of urea groups is 1. The Bertz CT molecular complexity index is 2240.